The van der Waals surface area contributed by atoms with Crippen LogP contribution in [0.25, 0.3) is 0 Å². The first-order chi connectivity index (χ1) is 7.18. The zero-order valence-corrected chi connectivity index (χ0v) is 9.76. The van der Waals surface area contributed by atoms with Crippen LogP contribution < -0.4 is 0 Å². The predicted octanol–water partition coefficient (Wildman–Crippen LogP) is 3.29. The van der Waals surface area contributed by atoms with Crippen LogP contribution in [0.5, 0.6) is 0 Å². The summed E-state index contributed by atoms with van der Waals surface area (Å²) in [4.78, 5) is 23.0. The minimum Gasteiger partial charge on any atom is -0.300 e. The maximum Gasteiger partial charge on any atom is 0.133 e. The van der Waals surface area contributed by atoms with E-state index in [0.717, 1.165) is 38.5 Å². The fourth-order valence-electron chi connectivity index (χ4n) is 2.23. The van der Waals surface area contributed by atoms with E-state index in [-0.39, 0.29) is 5.92 Å². The molecule has 0 spiro atoms. The number of Topliss-reactive ketones (excluding diaryl/α,β-unsaturated/α-hetero) is 2. The van der Waals surface area contributed by atoms with E-state index in [2.05, 4.69) is 0 Å². The Balaban J connectivity index is 2.40. The molecule has 0 aromatic heterocycles. The van der Waals surface area contributed by atoms with E-state index >= 15 is 0 Å². The third-order valence-electron chi connectivity index (χ3n) is 3.06. The van der Waals surface area contributed by atoms with E-state index < -0.39 is 0 Å². The first-order valence-electron chi connectivity index (χ1n) is 6.22. The highest BCUT2D eigenvalue weighted by Crippen LogP contribution is 2.16. The van der Waals surface area contributed by atoms with Crippen LogP contribution in [0, 0.1) is 5.92 Å². The number of hydrogen-bond acceptors (Lipinski definition) is 2. The molecule has 1 aliphatic rings. The van der Waals surface area contributed by atoms with E-state index in [1.165, 1.54) is 6.42 Å². The molecule has 0 aromatic rings. The maximum absolute atomic E-state index is 11.5. The molecule has 0 aromatic carbocycles. The van der Waals surface area contributed by atoms with Gasteiger partial charge >= 0.3 is 0 Å². The Morgan fingerprint density at radius 2 is 1.20 bits per heavy atom. The highest BCUT2D eigenvalue weighted by Gasteiger charge is 2.13. The molecule has 15 heavy (non-hydrogen) atoms. The standard InChI is InChI=1S/C13H22O2/c1-11-9-12(14)7-5-3-2-4-6-8-13(15)10-11/h11H,2-10H2,1H3. The number of carbonyl (C=O) groups is 2. The molecule has 0 saturated heterocycles. The van der Waals surface area contributed by atoms with Crippen LogP contribution in [0.15, 0.2) is 0 Å². The number of carbonyl (C=O) groups excluding carboxylic acids is 2. The summed E-state index contributed by atoms with van der Waals surface area (Å²) >= 11 is 0. The molecule has 1 saturated carbocycles. The Morgan fingerprint density at radius 1 is 0.800 bits per heavy atom. The van der Waals surface area contributed by atoms with E-state index in [0.29, 0.717) is 24.4 Å². The van der Waals surface area contributed by atoms with Crippen molar-refractivity contribution in [3.63, 3.8) is 0 Å². The van der Waals surface area contributed by atoms with Crippen molar-refractivity contribution in [1.82, 2.24) is 0 Å². The molecule has 2 nitrogen and oxygen atoms in total. The SMILES string of the molecule is CC1CC(=O)CCCCCCCC(=O)C1. The largest absolute Gasteiger partial charge is 0.300 e. The van der Waals surface area contributed by atoms with Gasteiger partial charge in [-0.15, -0.1) is 0 Å². The molecule has 0 N–H and O–H groups in total. The van der Waals surface area contributed by atoms with Crippen LogP contribution in [0.4, 0.5) is 0 Å². The van der Waals surface area contributed by atoms with Gasteiger partial charge in [0.15, 0.2) is 0 Å². The van der Waals surface area contributed by atoms with Gasteiger partial charge in [0.2, 0.25) is 0 Å². The third kappa shape index (κ3) is 5.71. The molecule has 0 amide bonds. The molecule has 0 heterocycles. The van der Waals surface area contributed by atoms with Crippen molar-refractivity contribution in [3.05, 3.63) is 0 Å². The van der Waals surface area contributed by atoms with Gasteiger partial charge in [0.1, 0.15) is 11.6 Å². The van der Waals surface area contributed by atoms with E-state index in [1.807, 2.05) is 6.92 Å². The fraction of sp³-hybridized carbons (Fsp3) is 0.846. The molecule has 86 valence electrons. The van der Waals surface area contributed by atoms with Gasteiger partial charge < -0.3 is 0 Å². The van der Waals surface area contributed by atoms with Gasteiger partial charge in [-0.1, -0.05) is 26.2 Å². The van der Waals surface area contributed by atoms with Crippen LogP contribution in [0.1, 0.15) is 64.7 Å². The van der Waals surface area contributed by atoms with Crippen molar-refractivity contribution in [1.29, 1.82) is 0 Å². The van der Waals surface area contributed by atoms with Gasteiger partial charge in [0, 0.05) is 25.7 Å². The number of rotatable bonds is 0. The predicted molar refractivity (Wildman–Crippen MR) is 60.7 cm³/mol. The monoisotopic (exact) mass is 210 g/mol. The van der Waals surface area contributed by atoms with Crippen LogP contribution in [-0.4, -0.2) is 11.6 Å². The zero-order chi connectivity index (χ0) is 11.1. The Labute approximate surface area is 92.4 Å². The number of ketones is 2. The summed E-state index contributed by atoms with van der Waals surface area (Å²) in [5.74, 6) is 0.941. The second-order valence-corrected chi connectivity index (χ2v) is 4.86. The van der Waals surface area contributed by atoms with Crippen LogP contribution in [0.3, 0.4) is 0 Å². The molecule has 2 heteroatoms. The minimum absolute atomic E-state index is 0.254. The lowest BCUT2D eigenvalue weighted by atomic mass is 9.93. The fourth-order valence-corrected chi connectivity index (χ4v) is 2.23. The quantitative estimate of drug-likeness (QED) is 0.615. The molecule has 0 atom stereocenters. The van der Waals surface area contributed by atoms with Gasteiger partial charge in [-0.3, -0.25) is 9.59 Å². The average molecular weight is 210 g/mol. The van der Waals surface area contributed by atoms with Gasteiger partial charge in [0.05, 0.1) is 0 Å². The molecule has 1 aliphatic carbocycles. The Hall–Kier alpha value is -0.660. The summed E-state index contributed by atoms with van der Waals surface area (Å²) < 4.78 is 0. The van der Waals surface area contributed by atoms with Crippen molar-refractivity contribution in [3.8, 4) is 0 Å². The maximum atomic E-state index is 11.5. The summed E-state index contributed by atoms with van der Waals surface area (Å²) in [6.07, 6.45) is 8.20. The molecule has 0 unspecified atom stereocenters. The van der Waals surface area contributed by atoms with Crippen molar-refractivity contribution < 1.29 is 9.59 Å². The molecular formula is C13H22O2. The molecule has 0 bridgehead atoms. The Morgan fingerprint density at radius 3 is 1.67 bits per heavy atom. The highest BCUT2D eigenvalue weighted by atomic mass is 16.1. The van der Waals surface area contributed by atoms with Crippen molar-refractivity contribution in [2.45, 2.75) is 64.7 Å². The van der Waals surface area contributed by atoms with Gasteiger partial charge in [0.25, 0.3) is 0 Å². The molecule has 0 radical (unpaired) electrons. The highest BCUT2D eigenvalue weighted by molar-refractivity contribution is 5.81. The molecular weight excluding hydrogens is 188 g/mol. The third-order valence-corrected chi connectivity index (χ3v) is 3.06. The molecule has 1 fully saturated rings. The smallest absolute Gasteiger partial charge is 0.133 e. The summed E-state index contributed by atoms with van der Waals surface area (Å²) in [5.41, 5.74) is 0. The topological polar surface area (TPSA) is 34.1 Å². The zero-order valence-electron chi connectivity index (χ0n) is 9.76. The van der Waals surface area contributed by atoms with Crippen molar-refractivity contribution >= 4 is 11.6 Å². The summed E-state index contributed by atoms with van der Waals surface area (Å²) in [6, 6.07) is 0. The number of hydrogen-bond donors (Lipinski definition) is 0. The lowest BCUT2D eigenvalue weighted by Crippen LogP contribution is -2.11. The lowest BCUT2D eigenvalue weighted by Gasteiger charge is -2.11. The van der Waals surface area contributed by atoms with E-state index in [9.17, 15) is 9.59 Å². The van der Waals surface area contributed by atoms with E-state index in [1.54, 1.807) is 0 Å². The second-order valence-electron chi connectivity index (χ2n) is 4.86. The van der Waals surface area contributed by atoms with Crippen LogP contribution >= 0.6 is 0 Å². The van der Waals surface area contributed by atoms with Crippen molar-refractivity contribution in [2.75, 3.05) is 0 Å². The summed E-state index contributed by atoms with van der Waals surface area (Å²) in [5, 5.41) is 0. The normalized spacial score (nSPS) is 23.3. The first-order valence-corrected chi connectivity index (χ1v) is 6.22. The first kappa shape index (κ1) is 12.4. The molecule has 1 rings (SSSR count). The Bertz CT molecular complexity index is 199. The molecule has 0 aliphatic heterocycles. The van der Waals surface area contributed by atoms with Gasteiger partial charge in [-0.2, -0.15) is 0 Å². The van der Waals surface area contributed by atoms with Crippen LogP contribution in [0.2, 0.25) is 0 Å². The summed E-state index contributed by atoms with van der Waals surface area (Å²) in [6.45, 7) is 2.02. The second kappa shape index (κ2) is 6.76. The van der Waals surface area contributed by atoms with Gasteiger partial charge in [-0.05, 0) is 18.8 Å². The van der Waals surface area contributed by atoms with Crippen LogP contribution in [-0.2, 0) is 9.59 Å². The van der Waals surface area contributed by atoms with Gasteiger partial charge in [-0.25, -0.2) is 0 Å². The van der Waals surface area contributed by atoms with E-state index in [4.69, 9.17) is 0 Å². The average Bonchev–Trinajstić information content (AvgIpc) is 2.14. The lowest BCUT2D eigenvalue weighted by molar-refractivity contribution is -0.121. The minimum atomic E-state index is 0.254. The summed E-state index contributed by atoms with van der Waals surface area (Å²) in [7, 11) is 0. The Kier molecular flexibility index (Phi) is 5.59. The van der Waals surface area contributed by atoms with Crippen molar-refractivity contribution in [2.24, 2.45) is 5.92 Å².